The van der Waals surface area contributed by atoms with Gasteiger partial charge < -0.3 is 53.7 Å². The number of aliphatic hydroxyl groups is 5. The van der Waals surface area contributed by atoms with Crippen molar-refractivity contribution in [3.8, 4) is 0 Å². The summed E-state index contributed by atoms with van der Waals surface area (Å²) in [5.41, 5.74) is 1.27. The van der Waals surface area contributed by atoms with E-state index in [1.165, 1.54) is 38.5 Å². The number of cyclic esters (lactones) is 1. The van der Waals surface area contributed by atoms with Gasteiger partial charge in [-0.3, -0.25) is 14.2 Å². The van der Waals surface area contributed by atoms with Gasteiger partial charge in [-0.1, -0.05) is 93.4 Å². The van der Waals surface area contributed by atoms with Crippen molar-refractivity contribution in [2.24, 2.45) is 81.8 Å². The van der Waals surface area contributed by atoms with Crippen LogP contribution in [0.1, 0.15) is 171 Å². The maximum Gasteiger partial charge on any atom is 1.00 e. The molecule has 17 heteroatoms. The number of hydrogen-bond donors (Lipinski definition) is 5. The molecule has 0 radical (unpaired) electrons. The first-order valence-electron chi connectivity index (χ1n) is 28.2. The maximum atomic E-state index is 13.7. The van der Waals surface area contributed by atoms with Crippen LogP contribution in [0.4, 0.5) is 0 Å². The molecule has 0 spiro atoms. The predicted molar refractivity (Wildman–Crippen MR) is 271 cm³/mol. The van der Waals surface area contributed by atoms with Crippen molar-refractivity contribution in [2.45, 2.75) is 214 Å². The van der Waals surface area contributed by atoms with E-state index in [-0.39, 0.29) is 89.8 Å². The predicted octanol–water partition coefficient (Wildman–Crippen LogP) is 5.63. The van der Waals surface area contributed by atoms with Gasteiger partial charge >= 0.3 is 55.3 Å². The van der Waals surface area contributed by atoms with Crippen molar-refractivity contribution in [3.63, 3.8) is 0 Å². The molecule has 4 saturated carbocycles. The molecular formula is C57H90NaO15P. The first-order chi connectivity index (χ1) is 34.4. The van der Waals surface area contributed by atoms with Crippen molar-refractivity contribution in [1.29, 1.82) is 0 Å². The molecule has 5 unspecified atom stereocenters. The van der Waals surface area contributed by atoms with Gasteiger partial charge in [0, 0.05) is 12.3 Å². The fraction of sp³-hybridized carbons (Fsp3) is 0.842. The smallest absolute Gasteiger partial charge is 0.746 e. The Hall–Kier alpha value is -1.62. The molecule has 0 saturated heterocycles. The standard InChI is InChI=1S/C57H91O15P.Na/c1-10-32(4)54(64)68-48-28-39(60)25-36-14-13-34(6)42(50(36)48)18-16-38(59)27-40(61)29-49(63)69-52-51(47(62)30-58)70-55(65)53(52)72-73(66,67)71-41-21-23-56(8)37(26-41)15-17-43-45-20-19-44(57(45,9)24-22-46(43)56)35(7)12-11-33(5)31(2)3;/h13-14,25,31-35,37-48,50-51,58-62H,10-12,15-24,26-30H2,1-9H3,(H,66,67);/q;+1/p-1/t32-,33+,34-,35+,37-,38+,39+,40+,41?,42-,43-,44?,45-,46-,47?,48-,50-,51?,56-,57+;/m0./s1. The van der Waals surface area contributed by atoms with Crippen LogP contribution in [0.25, 0.3) is 0 Å². The normalized spacial score (nSPS) is 37.8. The van der Waals surface area contributed by atoms with Crippen LogP contribution < -0.4 is 34.5 Å². The zero-order valence-corrected chi connectivity index (χ0v) is 49.1. The number of phosphoric acid groups is 1. The Kier molecular flexibility index (Phi) is 21.4. The first-order valence-corrected chi connectivity index (χ1v) is 29.6. The van der Waals surface area contributed by atoms with E-state index in [0.29, 0.717) is 60.7 Å². The number of hydrogen-bond acceptors (Lipinski definition) is 15. The fourth-order valence-electron chi connectivity index (χ4n) is 15.3. The van der Waals surface area contributed by atoms with E-state index in [1.807, 2.05) is 26.0 Å². The summed E-state index contributed by atoms with van der Waals surface area (Å²) in [4.78, 5) is 53.0. The third-order valence-corrected chi connectivity index (χ3v) is 21.1. The topological polar surface area (TPSA) is 239 Å². The molecule has 0 bridgehead atoms. The Morgan fingerprint density at radius 2 is 1.64 bits per heavy atom. The quantitative estimate of drug-likeness (QED) is 0.0382. The number of carbonyl (C=O) groups excluding carboxylic acids is 3. The fourth-order valence-corrected chi connectivity index (χ4v) is 16.3. The summed E-state index contributed by atoms with van der Waals surface area (Å²) in [6.07, 6.45) is 9.73. The van der Waals surface area contributed by atoms with Crippen LogP contribution in [0.15, 0.2) is 35.3 Å². The molecule has 0 amide bonds. The molecule has 6 aliphatic carbocycles. The zero-order valence-electron chi connectivity index (χ0n) is 46.2. The number of allylic oxidation sites excluding steroid dienone is 2. The maximum absolute atomic E-state index is 13.7. The first kappa shape index (κ1) is 61.6. The Morgan fingerprint density at radius 3 is 2.32 bits per heavy atom. The molecule has 414 valence electrons. The molecule has 1 aliphatic heterocycles. The largest absolute Gasteiger partial charge is 1.00 e. The van der Waals surface area contributed by atoms with Gasteiger partial charge in [0.25, 0.3) is 5.76 Å². The number of esters is 3. The molecule has 4 fully saturated rings. The van der Waals surface area contributed by atoms with Crippen LogP contribution in [0.5, 0.6) is 0 Å². The minimum Gasteiger partial charge on any atom is -0.746 e. The molecule has 21 atom stereocenters. The van der Waals surface area contributed by atoms with Gasteiger partial charge in [0.15, 0.2) is 6.10 Å². The van der Waals surface area contributed by atoms with Crippen molar-refractivity contribution in [3.05, 3.63) is 35.3 Å². The van der Waals surface area contributed by atoms with Gasteiger partial charge in [0.05, 0.1) is 43.4 Å². The molecule has 0 aromatic rings. The number of phosphoric ester groups is 1. The number of aliphatic hydroxyl groups excluding tert-OH is 5. The van der Waals surface area contributed by atoms with Crippen molar-refractivity contribution < 1.29 is 102 Å². The second kappa shape index (κ2) is 25.7. The van der Waals surface area contributed by atoms with E-state index in [2.05, 4.69) is 41.5 Å². The Morgan fingerprint density at radius 1 is 0.932 bits per heavy atom. The van der Waals surface area contributed by atoms with E-state index in [1.54, 1.807) is 13.0 Å². The van der Waals surface area contributed by atoms with Gasteiger partial charge in [-0.15, -0.1) is 0 Å². The van der Waals surface area contributed by atoms with E-state index >= 15 is 0 Å². The molecule has 0 aromatic carbocycles. The monoisotopic (exact) mass is 1070 g/mol. The Labute approximate surface area is 463 Å². The van der Waals surface area contributed by atoms with E-state index in [0.717, 1.165) is 36.7 Å². The number of ether oxygens (including phenoxy) is 3. The minimum absolute atomic E-state index is 0. The van der Waals surface area contributed by atoms with Crippen LogP contribution in [-0.4, -0.2) is 92.8 Å². The Bertz CT molecular complexity index is 2100. The third kappa shape index (κ3) is 13.7. The average molecular weight is 1070 g/mol. The van der Waals surface area contributed by atoms with Crippen LogP contribution in [0.2, 0.25) is 0 Å². The molecule has 1 heterocycles. The van der Waals surface area contributed by atoms with Crippen LogP contribution >= 0.6 is 7.82 Å². The number of rotatable bonds is 22. The SMILES string of the molecule is CC[C@H](C)C(=O)O[C@H]1C[C@H](O)C=C2C=C[C@H](C)[C@H](CC[C@@H](O)C[C@@H](O)CC(=O)OC3=C(OP(=O)([O-])OC4CC[C@@]5(C)[C@@H](CC[C@@H]6[C@@H]5CC[C@]5(C)C([C@H](C)CC[C@@H](C)C(C)C)CC[C@@H]65)C4)C(=O)OC3C(O)CO)[C@H]21.[Na+]. The minimum atomic E-state index is -5.32. The third-order valence-electron chi connectivity index (χ3n) is 20.2. The summed E-state index contributed by atoms with van der Waals surface area (Å²) in [6.45, 7) is 19.3. The summed E-state index contributed by atoms with van der Waals surface area (Å²) in [6, 6.07) is 0. The second-order valence-electron chi connectivity index (χ2n) is 24.9. The molecule has 0 aromatic heterocycles. The molecule has 7 aliphatic rings. The van der Waals surface area contributed by atoms with E-state index in [9.17, 15) is 49.4 Å². The van der Waals surface area contributed by atoms with E-state index in [4.69, 9.17) is 23.3 Å². The Balaban J connectivity index is 0.00000892. The molecule has 15 nitrogen and oxygen atoms in total. The van der Waals surface area contributed by atoms with Gasteiger partial charge in [0.2, 0.25) is 5.76 Å². The average Bonchev–Trinajstić information content (AvgIpc) is 3.84. The van der Waals surface area contributed by atoms with Gasteiger partial charge in [-0.05, 0) is 159 Å². The summed E-state index contributed by atoms with van der Waals surface area (Å²) < 4.78 is 41.2. The van der Waals surface area contributed by atoms with Crippen LogP contribution in [0, 0.1) is 81.8 Å². The second-order valence-corrected chi connectivity index (χ2v) is 26.2. The summed E-state index contributed by atoms with van der Waals surface area (Å²) in [7, 11) is -5.32. The van der Waals surface area contributed by atoms with Gasteiger partial charge in [-0.25, -0.2) is 4.79 Å². The molecular weight excluding hydrogens is 979 g/mol. The summed E-state index contributed by atoms with van der Waals surface area (Å²) >= 11 is 0. The number of carbonyl (C=O) groups is 3. The van der Waals surface area contributed by atoms with Gasteiger partial charge in [-0.2, -0.15) is 0 Å². The van der Waals surface area contributed by atoms with Crippen LogP contribution in [-0.2, 0) is 42.2 Å². The van der Waals surface area contributed by atoms with Gasteiger partial charge in [0.1, 0.15) is 12.2 Å². The molecule has 7 rings (SSSR count). The zero-order chi connectivity index (χ0) is 53.3. The summed E-state index contributed by atoms with van der Waals surface area (Å²) in [5, 5.41) is 53.0. The molecule has 74 heavy (non-hydrogen) atoms. The van der Waals surface area contributed by atoms with E-state index < -0.39 is 87.0 Å². The summed E-state index contributed by atoms with van der Waals surface area (Å²) in [5.74, 6) is -0.0641. The van der Waals surface area contributed by atoms with Crippen LogP contribution in [0.3, 0.4) is 0 Å². The number of fused-ring (bicyclic) bond motifs is 6. The van der Waals surface area contributed by atoms with Crippen molar-refractivity contribution in [2.75, 3.05) is 6.61 Å². The molecule has 5 N–H and O–H groups in total. The van der Waals surface area contributed by atoms with Crippen molar-refractivity contribution in [1.82, 2.24) is 0 Å². The van der Waals surface area contributed by atoms with Crippen molar-refractivity contribution >= 4 is 25.7 Å².